The van der Waals surface area contributed by atoms with Gasteiger partial charge in [-0.2, -0.15) is 0 Å². The molecule has 1 rings (SSSR count). The van der Waals surface area contributed by atoms with Gasteiger partial charge >= 0.3 is 0 Å². The summed E-state index contributed by atoms with van der Waals surface area (Å²) in [5.41, 5.74) is 0. The SMILES string of the molecule is CCCOc1cc(N(C)CCNC)ncn1. The van der Waals surface area contributed by atoms with Crippen molar-refractivity contribution in [1.29, 1.82) is 0 Å². The third kappa shape index (κ3) is 4.02. The van der Waals surface area contributed by atoms with Gasteiger partial charge in [0, 0.05) is 26.2 Å². The van der Waals surface area contributed by atoms with Gasteiger partial charge in [-0.25, -0.2) is 9.97 Å². The molecule has 0 fully saturated rings. The number of hydrogen-bond donors (Lipinski definition) is 1. The Hall–Kier alpha value is -1.36. The van der Waals surface area contributed by atoms with E-state index in [0.29, 0.717) is 12.5 Å². The van der Waals surface area contributed by atoms with E-state index in [1.807, 2.05) is 20.2 Å². The molecular formula is C11H20N4O. The van der Waals surface area contributed by atoms with Crippen molar-refractivity contribution >= 4 is 5.82 Å². The van der Waals surface area contributed by atoms with Crippen molar-refractivity contribution in [3.05, 3.63) is 12.4 Å². The van der Waals surface area contributed by atoms with Crippen LogP contribution in [0.2, 0.25) is 0 Å². The minimum atomic E-state index is 0.642. The Morgan fingerprint density at radius 2 is 2.25 bits per heavy atom. The first-order valence-electron chi connectivity index (χ1n) is 5.58. The zero-order valence-corrected chi connectivity index (χ0v) is 10.2. The molecule has 0 aliphatic rings. The molecule has 1 N–H and O–H groups in total. The van der Waals surface area contributed by atoms with Gasteiger partial charge in [-0.05, 0) is 13.5 Å². The van der Waals surface area contributed by atoms with Crippen molar-refractivity contribution in [2.45, 2.75) is 13.3 Å². The summed E-state index contributed by atoms with van der Waals surface area (Å²) < 4.78 is 5.46. The first-order valence-corrected chi connectivity index (χ1v) is 5.58. The van der Waals surface area contributed by atoms with Crippen LogP contribution in [0.1, 0.15) is 13.3 Å². The molecule has 5 heteroatoms. The molecule has 0 amide bonds. The van der Waals surface area contributed by atoms with E-state index in [-0.39, 0.29) is 0 Å². The molecule has 16 heavy (non-hydrogen) atoms. The summed E-state index contributed by atoms with van der Waals surface area (Å²) in [6.45, 7) is 4.59. The lowest BCUT2D eigenvalue weighted by molar-refractivity contribution is 0.304. The molecule has 0 saturated carbocycles. The molecule has 1 heterocycles. The van der Waals surface area contributed by atoms with E-state index in [9.17, 15) is 0 Å². The second-order valence-corrected chi connectivity index (χ2v) is 3.59. The lowest BCUT2D eigenvalue weighted by Crippen LogP contribution is -2.27. The van der Waals surface area contributed by atoms with E-state index in [4.69, 9.17) is 4.74 Å². The standard InChI is InChI=1S/C11H20N4O/c1-4-7-16-11-8-10(13-9-14-11)15(3)6-5-12-2/h8-9,12H,4-7H2,1-3H3. The van der Waals surface area contributed by atoms with Crippen molar-refractivity contribution in [3.8, 4) is 5.88 Å². The van der Waals surface area contributed by atoms with Gasteiger partial charge in [0.1, 0.15) is 12.1 Å². The lowest BCUT2D eigenvalue weighted by Gasteiger charge is -2.17. The topological polar surface area (TPSA) is 50.3 Å². The highest BCUT2D eigenvalue weighted by Gasteiger charge is 2.04. The summed E-state index contributed by atoms with van der Waals surface area (Å²) in [6.07, 6.45) is 2.52. The third-order valence-electron chi connectivity index (χ3n) is 2.17. The summed E-state index contributed by atoms with van der Waals surface area (Å²) in [5.74, 6) is 1.53. The Bertz CT molecular complexity index is 306. The molecule has 0 radical (unpaired) electrons. The fraction of sp³-hybridized carbons (Fsp3) is 0.636. The quantitative estimate of drug-likeness (QED) is 0.746. The minimum Gasteiger partial charge on any atom is -0.478 e. The molecule has 0 saturated heterocycles. The largest absolute Gasteiger partial charge is 0.478 e. The number of likely N-dealkylation sites (N-methyl/N-ethyl adjacent to an activating group) is 2. The number of aromatic nitrogens is 2. The Labute approximate surface area is 96.8 Å². The maximum atomic E-state index is 5.46. The van der Waals surface area contributed by atoms with Crippen LogP contribution in [0, 0.1) is 0 Å². The number of ether oxygens (including phenoxy) is 1. The highest BCUT2D eigenvalue weighted by atomic mass is 16.5. The number of anilines is 1. The molecule has 90 valence electrons. The Kier molecular flexibility index (Phi) is 5.56. The van der Waals surface area contributed by atoms with Crippen molar-refractivity contribution in [1.82, 2.24) is 15.3 Å². The number of nitrogens with one attached hydrogen (secondary N) is 1. The maximum Gasteiger partial charge on any atom is 0.218 e. The monoisotopic (exact) mass is 224 g/mol. The van der Waals surface area contributed by atoms with Crippen LogP contribution in [0.3, 0.4) is 0 Å². The van der Waals surface area contributed by atoms with E-state index in [1.54, 1.807) is 0 Å². The maximum absolute atomic E-state index is 5.46. The van der Waals surface area contributed by atoms with Gasteiger partial charge in [-0.3, -0.25) is 0 Å². The van der Waals surface area contributed by atoms with Gasteiger partial charge in [0.2, 0.25) is 5.88 Å². The molecule has 0 unspecified atom stereocenters. The smallest absolute Gasteiger partial charge is 0.218 e. The normalized spacial score (nSPS) is 10.2. The van der Waals surface area contributed by atoms with E-state index in [2.05, 4.69) is 27.1 Å². The minimum absolute atomic E-state index is 0.642. The van der Waals surface area contributed by atoms with Crippen LogP contribution >= 0.6 is 0 Å². The zero-order valence-electron chi connectivity index (χ0n) is 10.2. The van der Waals surface area contributed by atoms with Crippen LogP contribution < -0.4 is 15.0 Å². The average Bonchev–Trinajstić information content (AvgIpc) is 2.33. The molecule has 0 spiro atoms. The molecule has 0 aliphatic carbocycles. The van der Waals surface area contributed by atoms with Gasteiger partial charge in [-0.1, -0.05) is 6.92 Å². The predicted molar refractivity (Wildman–Crippen MR) is 65.0 cm³/mol. The van der Waals surface area contributed by atoms with Crippen molar-refractivity contribution in [2.24, 2.45) is 0 Å². The second kappa shape index (κ2) is 7.00. The predicted octanol–water partition coefficient (Wildman–Crippen LogP) is 0.921. The lowest BCUT2D eigenvalue weighted by atomic mass is 10.4. The first kappa shape index (κ1) is 12.7. The molecule has 0 atom stereocenters. The fourth-order valence-electron chi connectivity index (χ4n) is 1.22. The molecular weight excluding hydrogens is 204 g/mol. The summed E-state index contributed by atoms with van der Waals surface area (Å²) in [6, 6.07) is 1.87. The van der Waals surface area contributed by atoms with Gasteiger partial charge < -0.3 is 15.0 Å². The molecule has 1 aromatic rings. The molecule has 5 nitrogen and oxygen atoms in total. The number of rotatable bonds is 7. The highest BCUT2D eigenvalue weighted by molar-refractivity contribution is 5.39. The third-order valence-corrected chi connectivity index (χ3v) is 2.17. The Morgan fingerprint density at radius 3 is 2.94 bits per heavy atom. The summed E-state index contributed by atoms with van der Waals surface area (Å²) in [7, 11) is 3.94. The van der Waals surface area contributed by atoms with Crippen LogP contribution in [-0.4, -0.2) is 43.8 Å². The van der Waals surface area contributed by atoms with E-state index in [1.165, 1.54) is 6.33 Å². The molecule has 1 aromatic heterocycles. The van der Waals surface area contributed by atoms with Crippen molar-refractivity contribution in [3.63, 3.8) is 0 Å². The van der Waals surface area contributed by atoms with E-state index in [0.717, 1.165) is 25.3 Å². The first-order chi connectivity index (χ1) is 7.77. The average molecular weight is 224 g/mol. The van der Waals surface area contributed by atoms with Crippen molar-refractivity contribution < 1.29 is 4.74 Å². The number of nitrogens with zero attached hydrogens (tertiary/aromatic N) is 3. The van der Waals surface area contributed by atoms with Crippen molar-refractivity contribution in [2.75, 3.05) is 38.7 Å². The molecule has 0 aliphatic heterocycles. The summed E-state index contributed by atoms with van der Waals surface area (Å²) >= 11 is 0. The second-order valence-electron chi connectivity index (χ2n) is 3.59. The Balaban J connectivity index is 2.58. The van der Waals surface area contributed by atoms with Gasteiger partial charge in [0.25, 0.3) is 0 Å². The highest BCUT2D eigenvalue weighted by Crippen LogP contribution is 2.14. The fourth-order valence-corrected chi connectivity index (χ4v) is 1.22. The summed E-state index contributed by atoms with van der Waals surface area (Å²) in [5, 5.41) is 3.10. The van der Waals surface area contributed by atoms with Crippen LogP contribution in [0.15, 0.2) is 12.4 Å². The van der Waals surface area contributed by atoms with Crippen LogP contribution in [0.4, 0.5) is 5.82 Å². The van der Waals surface area contributed by atoms with Gasteiger partial charge in [0.15, 0.2) is 0 Å². The number of hydrogen-bond acceptors (Lipinski definition) is 5. The van der Waals surface area contributed by atoms with Crippen LogP contribution in [0.25, 0.3) is 0 Å². The van der Waals surface area contributed by atoms with E-state index < -0.39 is 0 Å². The van der Waals surface area contributed by atoms with E-state index >= 15 is 0 Å². The van der Waals surface area contributed by atoms with Gasteiger partial charge in [-0.15, -0.1) is 0 Å². The van der Waals surface area contributed by atoms with Crippen LogP contribution in [-0.2, 0) is 0 Å². The Morgan fingerprint density at radius 1 is 1.44 bits per heavy atom. The summed E-state index contributed by atoms with van der Waals surface area (Å²) in [4.78, 5) is 10.3. The van der Waals surface area contributed by atoms with Crippen LogP contribution in [0.5, 0.6) is 5.88 Å². The molecule has 0 aromatic carbocycles. The zero-order chi connectivity index (χ0) is 11.8. The van der Waals surface area contributed by atoms with Gasteiger partial charge in [0.05, 0.1) is 6.61 Å². The molecule has 0 bridgehead atoms.